The van der Waals surface area contributed by atoms with Crippen molar-refractivity contribution in [3.8, 4) is 0 Å². The third kappa shape index (κ3) is 2.59. The van der Waals surface area contributed by atoms with E-state index in [1.54, 1.807) is 26.0 Å². The highest BCUT2D eigenvalue weighted by Crippen LogP contribution is 2.42. The Morgan fingerprint density at radius 1 is 1.19 bits per heavy atom. The van der Waals surface area contributed by atoms with E-state index in [0.717, 1.165) is 20.8 Å². The maximum atomic E-state index is 12.7. The Kier molecular flexibility index (Phi) is 4.71. The molecule has 1 N–H and O–H groups in total. The highest BCUT2D eigenvalue weighted by atomic mass is 35.7. The van der Waals surface area contributed by atoms with Crippen molar-refractivity contribution in [2.24, 2.45) is 0 Å². The molecule has 0 bridgehead atoms. The number of aliphatic carboxylic acids is 1. The minimum atomic E-state index is -1.31. The van der Waals surface area contributed by atoms with Crippen LogP contribution in [0, 0.1) is 0 Å². The Hall–Kier alpha value is -1.77. The second-order valence-electron chi connectivity index (χ2n) is 6.51. The summed E-state index contributed by atoms with van der Waals surface area (Å²) in [4.78, 5) is 51.2. The Bertz CT molecular complexity index is 796. The van der Waals surface area contributed by atoms with Crippen molar-refractivity contribution in [2.45, 2.75) is 36.2 Å². The first-order chi connectivity index (χ1) is 12.1. The van der Waals surface area contributed by atoms with Crippen molar-refractivity contribution in [1.82, 2.24) is 9.80 Å². The molecule has 1 saturated heterocycles. The van der Waals surface area contributed by atoms with Crippen LogP contribution in [0.3, 0.4) is 0 Å². The Balaban J connectivity index is 1.91. The maximum Gasteiger partial charge on any atom is 0.327 e. The van der Waals surface area contributed by atoms with Crippen LogP contribution in [0.4, 0.5) is 0 Å². The van der Waals surface area contributed by atoms with Gasteiger partial charge in [0, 0.05) is 0 Å². The molecule has 0 radical (unpaired) electrons. The first kappa shape index (κ1) is 19.0. The lowest BCUT2D eigenvalue weighted by atomic mass is 9.94. The first-order valence-corrected chi connectivity index (χ1v) is 9.67. The van der Waals surface area contributed by atoms with Gasteiger partial charge in [0.15, 0.2) is 6.04 Å². The Morgan fingerprint density at radius 3 is 2.08 bits per heavy atom. The molecule has 0 aliphatic carbocycles. The van der Waals surface area contributed by atoms with Gasteiger partial charge in [-0.2, -0.15) is 0 Å². The number of β-lactam (4-membered cyclic amide) rings is 1. The summed E-state index contributed by atoms with van der Waals surface area (Å²) in [5.74, 6) is -3.21. The van der Waals surface area contributed by atoms with Gasteiger partial charge in [0.05, 0.1) is 15.9 Å². The van der Waals surface area contributed by atoms with E-state index in [-0.39, 0.29) is 11.1 Å². The summed E-state index contributed by atoms with van der Waals surface area (Å²) >= 11 is 6.27. The fourth-order valence-corrected chi connectivity index (χ4v) is 4.20. The molecule has 3 atom stereocenters. The zero-order valence-corrected chi connectivity index (χ0v) is 16.0. The van der Waals surface area contributed by atoms with E-state index < -0.39 is 46.0 Å². The monoisotopic (exact) mass is 416 g/mol. The average molecular weight is 417 g/mol. The van der Waals surface area contributed by atoms with E-state index in [1.165, 1.54) is 12.1 Å². The fourth-order valence-electron chi connectivity index (χ4n) is 3.22. The van der Waals surface area contributed by atoms with Crippen LogP contribution in [0.2, 0.25) is 0 Å². The second-order valence-corrected chi connectivity index (χ2v) is 8.63. The summed E-state index contributed by atoms with van der Waals surface area (Å²) in [6.45, 7) is 3.13. The zero-order chi connectivity index (χ0) is 19.4. The third-order valence-corrected chi connectivity index (χ3v) is 6.77. The topological polar surface area (TPSA) is 95.0 Å². The number of hydrogen-bond donors (Lipinski definition) is 1. The molecule has 1 aromatic rings. The number of amides is 3. The highest BCUT2D eigenvalue weighted by molar-refractivity contribution is 8.22. The molecule has 0 aromatic heterocycles. The largest absolute Gasteiger partial charge is 0.480 e. The lowest BCUT2D eigenvalue weighted by molar-refractivity contribution is -0.165. The number of rotatable bonds is 5. The van der Waals surface area contributed by atoms with Crippen molar-refractivity contribution < 1.29 is 24.3 Å². The highest BCUT2D eigenvalue weighted by Gasteiger charge is 2.61. The minimum Gasteiger partial charge on any atom is -0.480 e. The first-order valence-electron chi connectivity index (χ1n) is 7.59. The number of benzene rings is 1. The number of nitrogens with zero attached hydrogens (tertiary/aromatic N) is 2. The lowest BCUT2D eigenvalue weighted by Gasteiger charge is -2.51. The third-order valence-electron chi connectivity index (χ3n) is 4.51. The summed E-state index contributed by atoms with van der Waals surface area (Å²) in [5, 5.41) is 9.54. The van der Waals surface area contributed by atoms with Crippen LogP contribution in [0.5, 0.6) is 0 Å². The molecule has 3 amide bonds. The molecule has 0 saturated carbocycles. The van der Waals surface area contributed by atoms with Crippen LogP contribution in [0.1, 0.15) is 34.6 Å². The maximum absolute atomic E-state index is 12.7. The molecule has 7 nitrogen and oxygen atoms in total. The molecule has 3 rings (SSSR count). The lowest BCUT2D eigenvalue weighted by Crippen LogP contribution is -2.75. The molecule has 138 valence electrons. The zero-order valence-electron chi connectivity index (χ0n) is 13.7. The van der Waals surface area contributed by atoms with Gasteiger partial charge in [-0.1, -0.05) is 23.7 Å². The van der Waals surface area contributed by atoms with E-state index in [2.05, 4.69) is 0 Å². The molecule has 0 spiro atoms. The summed E-state index contributed by atoms with van der Waals surface area (Å²) in [5.41, 5.74) is -0.771. The second kappa shape index (κ2) is 6.44. The van der Waals surface area contributed by atoms with Crippen LogP contribution in [0.15, 0.2) is 24.3 Å². The summed E-state index contributed by atoms with van der Waals surface area (Å²) in [7, 11) is 6.54. The van der Waals surface area contributed by atoms with Crippen molar-refractivity contribution in [3.63, 3.8) is 0 Å². The number of carboxylic acid groups (broad SMARTS) is 1. The molecular formula is C16H14Cl2N2O5S. The van der Waals surface area contributed by atoms with Gasteiger partial charge >= 0.3 is 5.97 Å². The van der Waals surface area contributed by atoms with Crippen LogP contribution in [-0.2, 0) is 9.59 Å². The van der Waals surface area contributed by atoms with Gasteiger partial charge in [-0.25, -0.2) is 4.79 Å². The molecule has 26 heavy (non-hydrogen) atoms. The molecule has 2 aliphatic heterocycles. The van der Waals surface area contributed by atoms with Crippen LogP contribution >= 0.6 is 33.3 Å². The number of carbonyl (C=O) groups excluding carboxylic acids is 3. The van der Waals surface area contributed by atoms with E-state index in [1.807, 2.05) is 0 Å². The van der Waals surface area contributed by atoms with E-state index in [9.17, 15) is 24.3 Å². The standard InChI is InChI=1S/C16H14Cl2N2O5S/c1-16(2,26-18)10(15(24)25)20-11(17)9(14(20)23)19-12(21)7-5-3-4-6-8(7)13(19)22/h3-6,9-11H,1-2H3,(H,24,25). The number of alkyl halides is 1. The number of carbonyl (C=O) groups is 4. The van der Waals surface area contributed by atoms with Crippen LogP contribution in [-0.4, -0.2) is 60.9 Å². The molecule has 1 fully saturated rings. The molecular weight excluding hydrogens is 403 g/mol. The van der Waals surface area contributed by atoms with Gasteiger partial charge in [-0.3, -0.25) is 19.3 Å². The molecule has 3 unspecified atom stereocenters. The number of fused-ring (bicyclic) bond motifs is 1. The van der Waals surface area contributed by atoms with Crippen molar-refractivity contribution >= 4 is 56.9 Å². The van der Waals surface area contributed by atoms with Gasteiger partial charge < -0.3 is 10.0 Å². The quantitative estimate of drug-likeness (QED) is 0.342. The molecule has 2 aliphatic rings. The fraction of sp³-hybridized carbons (Fsp3) is 0.375. The van der Waals surface area contributed by atoms with Crippen molar-refractivity contribution in [1.29, 1.82) is 0 Å². The van der Waals surface area contributed by atoms with Gasteiger partial charge in [-0.15, -0.1) is 0 Å². The molecule has 2 heterocycles. The normalized spacial score (nSPS) is 23.8. The predicted octanol–water partition coefficient (Wildman–Crippen LogP) is 2.18. The smallest absolute Gasteiger partial charge is 0.327 e. The number of carboxylic acids is 1. The average Bonchev–Trinajstić information content (AvgIpc) is 2.84. The van der Waals surface area contributed by atoms with Crippen LogP contribution in [0.25, 0.3) is 0 Å². The van der Waals surface area contributed by atoms with Crippen molar-refractivity contribution in [2.75, 3.05) is 0 Å². The number of imide groups is 1. The van der Waals surface area contributed by atoms with Gasteiger partial charge in [-0.05, 0) is 47.6 Å². The van der Waals surface area contributed by atoms with Gasteiger partial charge in [0.2, 0.25) is 0 Å². The van der Waals surface area contributed by atoms with E-state index in [4.69, 9.17) is 22.3 Å². The summed E-state index contributed by atoms with van der Waals surface area (Å²) in [6.07, 6.45) is 0. The minimum absolute atomic E-state index is 0.194. The van der Waals surface area contributed by atoms with E-state index >= 15 is 0 Å². The Morgan fingerprint density at radius 2 is 1.69 bits per heavy atom. The van der Waals surface area contributed by atoms with Gasteiger partial charge in [0.1, 0.15) is 11.5 Å². The van der Waals surface area contributed by atoms with Gasteiger partial charge in [0.25, 0.3) is 17.7 Å². The SMILES string of the molecule is CC(C)(SCl)C(C(=O)O)N1C(=O)C(N2C(=O)c3ccccc3C2=O)C1Cl. The van der Waals surface area contributed by atoms with E-state index in [0.29, 0.717) is 0 Å². The van der Waals surface area contributed by atoms with Crippen molar-refractivity contribution in [3.05, 3.63) is 35.4 Å². The number of hydrogen-bond acceptors (Lipinski definition) is 5. The predicted molar refractivity (Wildman–Crippen MR) is 96.2 cm³/mol. The van der Waals surface area contributed by atoms with Crippen LogP contribution < -0.4 is 0 Å². The summed E-state index contributed by atoms with van der Waals surface area (Å²) in [6, 6.07) is 3.65. The summed E-state index contributed by atoms with van der Waals surface area (Å²) < 4.78 is -1.04. The molecule has 1 aromatic carbocycles. The number of likely N-dealkylation sites (tertiary alicyclic amines) is 1. The Labute approximate surface area is 162 Å². The molecule has 10 heteroatoms. The number of halogens is 2.